The lowest BCUT2D eigenvalue weighted by Gasteiger charge is -2.29. The molecule has 3 heterocycles. The number of ether oxygens (including phenoxy) is 2. The van der Waals surface area contributed by atoms with Crippen LogP contribution < -0.4 is 16.0 Å². The molecule has 0 fully saturated rings. The molecule has 0 saturated carbocycles. The molecule has 0 radical (unpaired) electrons. The molecule has 0 amide bonds. The smallest absolute Gasteiger partial charge is 0.340 e. The Morgan fingerprint density at radius 1 is 1.25 bits per heavy atom. The van der Waals surface area contributed by atoms with E-state index >= 15 is 0 Å². The lowest BCUT2D eigenvalue weighted by molar-refractivity contribution is -0.139. The Bertz CT molecular complexity index is 1270. The summed E-state index contributed by atoms with van der Waals surface area (Å²) in [6.07, 6.45) is 1.64. The lowest BCUT2D eigenvalue weighted by Crippen LogP contribution is -2.35. The molecule has 32 heavy (non-hydrogen) atoms. The predicted molar refractivity (Wildman–Crippen MR) is 115 cm³/mol. The number of nitrogens with zero attached hydrogens (tertiary/aromatic N) is 2. The Labute approximate surface area is 183 Å². The lowest BCUT2D eigenvalue weighted by atomic mass is 9.83. The van der Waals surface area contributed by atoms with Gasteiger partial charge >= 0.3 is 5.97 Å². The van der Waals surface area contributed by atoms with Crippen molar-refractivity contribution in [1.29, 1.82) is 0 Å². The first-order valence-corrected chi connectivity index (χ1v) is 10.2. The minimum atomic E-state index is -1.08. The van der Waals surface area contributed by atoms with E-state index in [0.29, 0.717) is 11.4 Å². The summed E-state index contributed by atoms with van der Waals surface area (Å²) in [5.74, 6) is -2.45. The number of nitrogens with two attached hydrogens (primary N) is 1. The number of carbonyl (C=O) groups is 1. The van der Waals surface area contributed by atoms with Crippen LogP contribution in [0.3, 0.4) is 0 Å². The molecule has 2 aromatic heterocycles. The van der Waals surface area contributed by atoms with Gasteiger partial charge in [0, 0.05) is 23.5 Å². The van der Waals surface area contributed by atoms with Crippen molar-refractivity contribution >= 4 is 5.97 Å². The number of aryl methyl sites for hydroxylation is 1. The van der Waals surface area contributed by atoms with Gasteiger partial charge in [0.05, 0.1) is 30.3 Å². The Balaban J connectivity index is 1.96. The molecule has 1 atom stereocenters. The first-order valence-electron chi connectivity index (χ1n) is 10.2. The number of carbonyl (C=O) groups excluding carboxylic acids is 1. The van der Waals surface area contributed by atoms with Crippen LogP contribution in [0.15, 0.2) is 71.0 Å². The van der Waals surface area contributed by atoms with E-state index in [9.17, 15) is 14.0 Å². The van der Waals surface area contributed by atoms with E-state index in [1.165, 1.54) is 22.8 Å². The highest BCUT2D eigenvalue weighted by Crippen LogP contribution is 2.42. The molecule has 1 aliphatic rings. The van der Waals surface area contributed by atoms with Crippen molar-refractivity contribution < 1.29 is 18.7 Å². The highest BCUT2D eigenvalue weighted by Gasteiger charge is 2.39. The summed E-state index contributed by atoms with van der Waals surface area (Å²) in [5, 5.41) is 0. The molecule has 2 N–H and O–H groups in total. The average molecular weight is 435 g/mol. The highest BCUT2D eigenvalue weighted by atomic mass is 19.1. The van der Waals surface area contributed by atoms with Gasteiger partial charge in [-0.05, 0) is 32.0 Å². The fourth-order valence-corrected chi connectivity index (χ4v) is 3.86. The third-order valence-electron chi connectivity index (χ3n) is 5.33. The van der Waals surface area contributed by atoms with Gasteiger partial charge in [0.15, 0.2) is 0 Å². The summed E-state index contributed by atoms with van der Waals surface area (Å²) in [5.41, 5.74) is 7.10. The van der Waals surface area contributed by atoms with Crippen molar-refractivity contribution in [3.63, 3.8) is 0 Å². The second-order valence-electron chi connectivity index (χ2n) is 7.33. The highest BCUT2D eigenvalue weighted by molar-refractivity contribution is 5.92. The number of hydrogen-bond acceptors (Lipinski definition) is 6. The van der Waals surface area contributed by atoms with Gasteiger partial charge in [0.25, 0.3) is 5.56 Å². The fraction of sp³-hybridized carbons (Fsp3) is 0.208. The maximum Gasteiger partial charge on any atom is 0.340 e. The minimum Gasteiger partial charge on any atom is -0.462 e. The normalized spacial score (nSPS) is 15.2. The minimum absolute atomic E-state index is 0.0876. The van der Waals surface area contributed by atoms with Crippen molar-refractivity contribution in [3.8, 4) is 5.75 Å². The molecule has 7 nitrogen and oxygen atoms in total. The number of benzene rings is 1. The number of hydrogen-bond donors (Lipinski definition) is 1. The molecule has 1 aliphatic heterocycles. The molecule has 0 spiro atoms. The number of esters is 1. The first kappa shape index (κ1) is 21.3. The Morgan fingerprint density at radius 2 is 2.00 bits per heavy atom. The van der Waals surface area contributed by atoms with Crippen molar-refractivity contribution in [2.24, 2.45) is 5.73 Å². The zero-order valence-corrected chi connectivity index (χ0v) is 17.7. The van der Waals surface area contributed by atoms with Crippen LogP contribution in [0.4, 0.5) is 4.39 Å². The van der Waals surface area contributed by atoms with Crippen molar-refractivity contribution in [1.82, 2.24) is 9.55 Å². The van der Waals surface area contributed by atoms with E-state index in [0.717, 1.165) is 0 Å². The molecule has 0 aliphatic carbocycles. The van der Waals surface area contributed by atoms with Crippen molar-refractivity contribution in [3.05, 3.63) is 105 Å². The fourth-order valence-electron chi connectivity index (χ4n) is 3.86. The maximum absolute atomic E-state index is 14.9. The molecule has 0 bridgehead atoms. The molecule has 4 rings (SSSR count). The largest absolute Gasteiger partial charge is 0.462 e. The van der Waals surface area contributed by atoms with Crippen molar-refractivity contribution in [2.45, 2.75) is 26.3 Å². The molecular formula is C24H22FN3O4. The molecular weight excluding hydrogens is 413 g/mol. The summed E-state index contributed by atoms with van der Waals surface area (Å²) in [7, 11) is 0. The summed E-state index contributed by atoms with van der Waals surface area (Å²) >= 11 is 0. The van der Waals surface area contributed by atoms with E-state index in [2.05, 4.69) is 4.98 Å². The Hall–Kier alpha value is -3.94. The van der Waals surface area contributed by atoms with E-state index in [-0.39, 0.29) is 41.5 Å². The van der Waals surface area contributed by atoms with Crippen LogP contribution in [0.25, 0.3) is 0 Å². The second kappa shape index (κ2) is 8.66. The van der Waals surface area contributed by atoms with E-state index in [4.69, 9.17) is 15.2 Å². The number of halogens is 1. The Kier molecular flexibility index (Phi) is 5.77. The summed E-state index contributed by atoms with van der Waals surface area (Å²) in [4.78, 5) is 30.8. The van der Waals surface area contributed by atoms with Gasteiger partial charge in [0.2, 0.25) is 5.88 Å². The molecule has 8 heteroatoms. The van der Waals surface area contributed by atoms with E-state index in [1.807, 2.05) is 6.07 Å². The molecule has 164 valence electrons. The van der Waals surface area contributed by atoms with Crippen LogP contribution in [0.1, 0.15) is 35.4 Å². The average Bonchev–Trinajstić information content (AvgIpc) is 2.77. The third kappa shape index (κ3) is 3.75. The summed E-state index contributed by atoms with van der Waals surface area (Å²) in [6, 6.07) is 13.0. The van der Waals surface area contributed by atoms with Gasteiger partial charge in [-0.1, -0.05) is 24.3 Å². The van der Waals surface area contributed by atoms with E-state index in [1.54, 1.807) is 44.3 Å². The Morgan fingerprint density at radius 3 is 2.69 bits per heavy atom. The SMILES string of the molecule is CCOC(=O)C1=C(N)Oc2cc(C)n(Cc3ccccn3)c(=O)c2[C@@H]1c1ccccc1F. The second-order valence-corrected chi connectivity index (χ2v) is 7.33. The van der Waals surface area contributed by atoms with Gasteiger partial charge < -0.3 is 19.8 Å². The number of pyridine rings is 2. The van der Waals surface area contributed by atoms with Crippen LogP contribution in [-0.2, 0) is 16.1 Å². The quantitative estimate of drug-likeness (QED) is 0.619. The number of aromatic nitrogens is 2. The molecule has 0 saturated heterocycles. The molecule has 3 aromatic rings. The third-order valence-corrected chi connectivity index (χ3v) is 5.33. The van der Waals surface area contributed by atoms with Gasteiger partial charge in [-0.15, -0.1) is 0 Å². The van der Waals surface area contributed by atoms with E-state index < -0.39 is 23.3 Å². The topological polar surface area (TPSA) is 96.4 Å². The van der Waals surface area contributed by atoms with Gasteiger partial charge in [-0.2, -0.15) is 0 Å². The van der Waals surface area contributed by atoms with Gasteiger partial charge in [-0.25, -0.2) is 9.18 Å². The van der Waals surface area contributed by atoms with Crippen molar-refractivity contribution in [2.75, 3.05) is 6.61 Å². The maximum atomic E-state index is 14.9. The first-order chi connectivity index (χ1) is 15.4. The molecule has 1 aromatic carbocycles. The van der Waals surface area contributed by atoms with Gasteiger partial charge in [0.1, 0.15) is 17.1 Å². The number of fused-ring (bicyclic) bond motifs is 1. The molecule has 0 unspecified atom stereocenters. The summed E-state index contributed by atoms with van der Waals surface area (Å²) in [6.45, 7) is 3.70. The predicted octanol–water partition coefficient (Wildman–Crippen LogP) is 3.00. The van der Waals surface area contributed by atoms with Crippen LogP contribution in [0.5, 0.6) is 5.75 Å². The zero-order valence-electron chi connectivity index (χ0n) is 17.7. The van der Waals surface area contributed by atoms with Crippen LogP contribution in [0.2, 0.25) is 0 Å². The number of rotatable bonds is 5. The van der Waals surface area contributed by atoms with Crippen LogP contribution in [0, 0.1) is 12.7 Å². The zero-order chi connectivity index (χ0) is 22.8. The monoisotopic (exact) mass is 435 g/mol. The summed E-state index contributed by atoms with van der Waals surface area (Å²) < 4.78 is 27.2. The van der Waals surface area contributed by atoms with Gasteiger partial charge in [-0.3, -0.25) is 9.78 Å². The standard InChI is InChI=1S/C24H22FN3O4/c1-3-31-24(30)21-19(16-9-4-5-10-17(16)25)20-18(32-22(21)26)12-14(2)28(23(20)29)13-15-8-6-7-11-27-15/h4-12,19H,3,13,26H2,1-2H3/t19-/m0/s1. The van der Waals surface area contributed by atoms with Crippen LogP contribution in [-0.4, -0.2) is 22.1 Å². The van der Waals surface area contributed by atoms with Crippen LogP contribution >= 0.6 is 0 Å².